The number of aliphatic hydroxyl groups is 1. The van der Waals surface area contributed by atoms with Gasteiger partial charge in [-0.15, -0.1) is 0 Å². The lowest BCUT2D eigenvalue weighted by atomic mass is 10.1. The maximum absolute atomic E-state index is 11.9. The lowest BCUT2D eigenvalue weighted by molar-refractivity contribution is -0.136. The van der Waals surface area contributed by atoms with Crippen LogP contribution in [0, 0.1) is 16.7 Å². The highest BCUT2D eigenvalue weighted by Gasteiger charge is 2.54. The number of hydrogen-bond acceptors (Lipinski definition) is 3. The van der Waals surface area contributed by atoms with Gasteiger partial charge in [-0.1, -0.05) is 0 Å². The van der Waals surface area contributed by atoms with Crippen LogP contribution in [0.25, 0.3) is 0 Å². The molecule has 0 spiro atoms. The Bertz CT molecular complexity index is 287. The molecule has 2 aliphatic rings. The van der Waals surface area contributed by atoms with Gasteiger partial charge in [0.05, 0.1) is 12.7 Å². The van der Waals surface area contributed by atoms with E-state index in [-0.39, 0.29) is 12.5 Å². The summed E-state index contributed by atoms with van der Waals surface area (Å²) in [7, 11) is 0. The Balaban J connectivity index is 2.04. The van der Waals surface area contributed by atoms with Crippen LogP contribution in [0.15, 0.2) is 0 Å². The Morgan fingerprint density at radius 2 is 2.21 bits per heavy atom. The summed E-state index contributed by atoms with van der Waals surface area (Å²) in [5, 5.41) is 17.7. The number of aliphatic hydroxyl groups excluding tert-OH is 1. The van der Waals surface area contributed by atoms with E-state index in [1.165, 1.54) is 0 Å². The van der Waals surface area contributed by atoms with Crippen LogP contribution in [-0.4, -0.2) is 35.1 Å². The average Bonchev–Trinajstić information content (AvgIpc) is 3.05. The summed E-state index contributed by atoms with van der Waals surface area (Å²) >= 11 is 0. The highest BCUT2D eigenvalue weighted by atomic mass is 16.3. The van der Waals surface area contributed by atoms with Crippen molar-refractivity contribution in [1.29, 1.82) is 5.26 Å². The van der Waals surface area contributed by atoms with Gasteiger partial charge in [0.25, 0.3) is 0 Å². The van der Waals surface area contributed by atoms with Crippen molar-refractivity contribution in [3.05, 3.63) is 0 Å². The fourth-order valence-electron chi connectivity index (χ4n) is 1.72. The van der Waals surface area contributed by atoms with Crippen LogP contribution in [0.3, 0.4) is 0 Å². The lowest BCUT2D eigenvalue weighted by Gasteiger charge is -2.23. The summed E-state index contributed by atoms with van der Waals surface area (Å²) in [6.07, 6.45) is 3.43. The van der Waals surface area contributed by atoms with Crippen LogP contribution < -0.4 is 0 Å². The normalized spacial score (nSPS) is 22.6. The molecular weight excluding hydrogens is 180 g/mol. The van der Waals surface area contributed by atoms with Gasteiger partial charge in [-0.3, -0.25) is 4.79 Å². The van der Waals surface area contributed by atoms with E-state index < -0.39 is 5.41 Å². The number of hydrogen-bond donors (Lipinski definition) is 1. The van der Waals surface area contributed by atoms with Gasteiger partial charge in [-0.05, 0) is 25.7 Å². The molecule has 2 aliphatic carbocycles. The van der Waals surface area contributed by atoms with Gasteiger partial charge in [0, 0.05) is 12.6 Å². The second-order valence-corrected chi connectivity index (χ2v) is 4.15. The van der Waals surface area contributed by atoms with E-state index in [9.17, 15) is 4.79 Å². The van der Waals surface area contributed by atoms with E-state index in [2.05, 4.69) is 6.07 Å². The smallest absolute Gasteiger partial charge is 0.243 e. The van der Waals surface area contributed by atoms with Crippen molar-refractivity contribution < 1.29 is 9.90 Å². The Labute approximate surface area is 83.1 Å². The van der Waals surface area contributed by atoms with E-state index in [4.69, 9.17) is 10.4 Å². The van der Waals surface area contributed by atoms with Gasteiger partial charge < -0.3 is 10.0 Å². The number of rotatable bonds is 4. The molecule has 1 amide bonds. The molecule has 76 valence electrons. The van der Waals surface area contributed by atoms with Crippen molar-refractivity contribution in [2.45, 2.75) is 31.7 Å². The minimum absolute atomic E-state index is 0.0102. The summed E-state index contributed by atoms with van der Waals surface area (Å²) in [5.41, 5.74) is -0.724. The molecule has 0 atom stereocenters. The zero-order valence-corrected chi connectivity index (χ0v) is 8.07. The predicted octanol–water partition coefficient (Wildman–Crippen LogP) is 0.273. The second-order valence-electron chi connectivity index (χ2n) is 4.15. The molecule has 0 aromatic heterocycles. The summed E-state index contributed by atoms with van der Waals surface area (Å²) in [6.45, 7) is 0.372. The lowest BCUT2D eigenvalue weighted by Crippen LogP contribution is -2.40. The molecule has 0 heterocycles. The molecule has 4 heteroatoms. The molecule has 2 rings (SSSR count). The van der Waals surface area contributed by atoms with Gasteiger partial charge in [0.15, 0.2) is 0 Å². The molecular formula is C10H14N2O2. The molecule has 2 fully saturated rings. The Hall–Kier alpha value is -1.08. The summed E-state index contributed by atoms with van der Waals surface area (Å²) in [4.78, 5) is 13.6. The monoisotopic (exact) mass is 194 g/mol. The Morgan fingerprint density at radius 3 is 2.57 bits per heavy atom. The summed E-state index contributed by atoms with van der Waals surface area (Å²) < 4.78 is 0. The number of carbonyl (C=O) groups excluding carboxylic acids is 1. The third-order valence-electron chi connectivity index (χ3n) is 2.96. The number of amides is 1. The molecule has 0 aromatic rings. The fraction of sp³-hybridized carbons (Fsp3) is 0.800. The molecule has 0 aliphatic heterocycles. The zero-order valence-electron chi connectivity index (χ0n) is 8.07. The van der Waals surface area contributed by atoms with E-state index >= 15 is 0 Å². The predicted molar refractivity (Wildman–Crippen MR) is 49.1 cm³/mol. The topological polar surface area (TPSA) is 64.3 Å². The van der Waals surface area contributed by atoms with Crippen molar-refractivity contribution >= 4 is 5.91 Å². The first-order valence-corrected chi connectivity index (χ1v) is 5.07. The largest absolute Gasteiger partial charge is 0.395 e. The van der Waals surface area contributed by atoms with Crippen LogP contribution >= 0.6 is 0 Å². The molecule has 0 unspecified atom stereocenters. The zero-order chi connectivity index (χ0) is 10.2. The quantitative estimate of drug-likeness (QED) is 0.698. The summed E-state index contributed by atoms with van der Waals surface area (Å²) in [6, 6.07) is 2.39. The highest BCUT2D eigenvalue weighted by Crippen LogP contribution is 2.47. The van der Waals surface area contributed by atoms with E-state index in [1.807, 2.05) is 0 Å². The van der Waals surface area contributed by atoms with Gasteiger partial charge in [-0.2, -0.15) is 5.26 Å². The molecule has 2 saturated carbocycles. The van der Waals surface area contributed by atoms with Crippen LogP contribution in [0.4, 0.5) is 0 Å². The maximum atomic E-state index is 11.9. The van der Waals surface area contributed by atoms with Crippen molar-refractivity contribution in [3.8, 4) is 6.07 Å². The van der Waals surface area contributed by atoms with E-state index in [0.29, 0.717) is 25.4 Å². The van der Waals surface area contributed by atoms with E-state index in [1.54, 1.807) is 4.90 Å². The molecule has 0 bridgehead atoms. The van der Waals surface area contributed by atoms with Crippen molar-refractivity contribution in [1.82, 2.24) is 4.90 Å². The summed E-state index contributed by atoms with van der Waals surface area (Å²) in [5.74, 6) is -0.0587. The molecule has 14 heavy (non-hydrogen) atoms. The minimum atomic E-state index is -0.724. The van der Waals surface area contributed by atoms with Gasteiger partial charge >= 0.3 is 0 Å². The SMILES string of the molecule is N#CC1(C(=O)N(CCO)C2CC2)CC1. The molecule has 0 radical (unpaired) electrons. The Morgan fingerprint density at radius 1 is 1.57 bits per heavy atom. The van der Waals surface area contributed by atoms with Crippen molar-refractivity contribution in [2.24, 2.45) is 5.41 Å². The first kappa shape index (κ1) is 9.47. The van der Waals surface area contributed by atoms with Crippen LogP contribution in [0.1, 0.15) is 25.7 Å². The number of nitrogens with zero attached hydrogens (tertiary/aromatic N) is 2. The standard InChI is InChI=1S/C10H14N2O2/c11-7-10(3-4-10)9(14)12(5-6-13)8-1-2-8/h8,13H,1-6H2. The van der Waals surface area contributed by atoms with Crippen molar-refractivity contribution in [3.63, 3.8) is 0 Å². The molecule has 0 aromatic carbocycles. The van der Waals surface area contributed by atoms with Crippen LogP contribution in [0.5, 0.6) is 0 Å². The third kappa shape index (κ3) is 1.48. The van der Waals surface area contributed by atoms with Crippen LogP contribution in [-0.2, 0) is 4.79 Å². The average molecular weight is 194 g/mol. The Kier molecular flexibility index (Phi) is 2.20. The van der Waals surface area contributed by atoms with Crippen LogP contribution in [0.2, 0.25) is 0 Å². The van der Waals surface area contributed by atoms with Gasteiger partial charge in [-0.25, -0.2) is 0 Å². The van der Waals surface area contributed by atoms with Gasteiger partial charge in [0.2, 0.25) is 5.91 Å². The maximum Gasteiger partial charge on any atom is 0.243 e. The first-order valence-electron chi connectivity index (χ1n) is 5.07. The third-order valence-corrected chi connectivity index (χ3v) is 2.96. The fourth-order valence-corrected chi connectivity index (χ4v) is 1.72. The number of carbonyl (C=O) groups is 1. The highest BCUT2D eigenvalue weighted by molar-refractivity contribution is 5.88. The first-order chi connectivity index (χ1) is 6.73. The molecule has 0 saturated heterocycles. The second kappa shape index (κ2) is 3.25. The minimum Gasteiger partial charge on any atom is -0.395 e. The van der Waals surface area contributed by atoms with Crippen molar-refractivity contribution in [2.75, 3.05) is 13.2 Å². The molecule has 1 N–H and O–H groups in total. The number of nitriles is 1. The van der Waals surface area contributed by atoms with Gasteiger partial charge in [0.1, 0.15) is 5.41 Å². The van der Waals surface area contributed by atoms with E-state index in [0.717, 1.165) is 12.8 Å². The molecule has 4 nitrogen and oxygen atoms in total.